The van der Waals surface area contributed by atoms with Gasteiger partial charge in [0.25, 0.3) is 29.7 Å². The summed E-state index contributed by atoms with van der Waals surface area (Å²) in [6, 6.07) is 11.0. The first-order valence-corrected chi connectivity index (χ1v) is 39.5. The van der Waals surface area contributed by atoms with Crippen molar-refractivity contribution in [2.75, 3.05) is 19.8 Å². The molecule has 2 aromatic carbocycles. The van der Waals surface area contributed by atoms with Gasteiger partial charge in [-0.25, -0.2) is 21.9 Å². The number of carbonyl (C=O) groups excluding carboxylic acids is 6. The largest absolute Gasteiger partial charge is 2.00 e. The molecular weight excluding hydrogens is 1490 g/mol. The third-order valence-electron chi connectivity index (χ3n) is 18.0. The average molecular weight is 1620 g/mol. The van der Waals surface area contributed by atoms with Crippen LogP contribution in [0.1, 0.15) is 215 Å². The second kappa shape index (κ2) is 64.3. The normalized spacial score (nSPS) is 26.7. The first kappa shape index (κ1) is 115. The van der Waals surface area contributed by atoms with Crippen molar-refractivity contribution in [1.82, 2.24) is 25.6 Å². The van der Waals surface area contributed by atoms with Gasteiger partial charge in [0.1, 0.15) is 17.4 Å². The van der Waals surface area contributed by atoms with Crippen LogP contribution in [0.25, 0.3) is 11.1 Å². The number of carbonyl (C=O) groups is 6. The standard InChI is InChI=1S/C19H21F2NO3S.2C8H15BNO2.C7H13BNO2.C7H11BNO2.C7H15NO.C6H13NO.C2H5B2O3.C2HF3O.C2H7P.CH4.CH3.ClH.Mg/c1-19(23)10-8-15(9-11-19)22-26(24,25)16-5-2-13(3-6-16)17-7-4-14(20)12-18(17)21;2*1-8(12)4-2-7(3-5-8)10-9-6-11;2*10-5-8-9-6-1-3-7(11)4-2-6;1-7(9)4-2-6(8)3-5-7;7-5-1-3-6(8)4-2-5;1-3-7-6-2-4-5;3-2(4,5)1-6;1-3-2;;;;/h2-7,12,15,22-23H,8-11H2,1H3;2*6-7,10,12H,2-5H2,1H3;5-7,9,11H,1-4H2;5-6,9H,1-4H2;6,9H,2-5,8H2,1H3;5-6,8H,1-4,7H2;2H2,1H3;1H;3H,1-2H3;1H4;1H3;1H;/q;;;;;;;;;;;-1;;+2/p-1. The quantitative estimate of drug-likeness (QED) is 0.0132. The van der Waals surface area contributed by atoms with E-state index in [9.17, 15) is 79.5 Å². The van der Waals surface area contributed by atoms with Gasteiger partial charge in [0, 0.05) is 42.6 Å². The second-order valence-corrected chi connectivity index (χ2v) is 30.8. The Balaban J connectivity index is -0.000000383. The summed E-state index contributed by atoms with van der Waals surface area (Å²) in [7, 11) is 5.06. The van der Waals surface area contributed by atoms with Gasteiger partial charge in [-0.05, 0) is 262 Å². The van der Waals surface area contributed by atoms with Gasteiger partial charge in [0.05, 0.1) is 64.2 Å². The van der Waals surface area contributed by atoms with E-state index in [0.717, 1.165) is 187 Å². The third kappa shape index (κ3) is 60.3. The van der Waals surface area contributed by atoms with E-state index in [-0.39, 0.29) is 85.5 Å². The predicted octanol–water partition coefficient (Wildman–Crippen LogP) is 3.23. The number of aldehydes is 1. The number of Topliss-reactive ketones (excluding diaryl/α,β-unsaturated/α-hetero) is 1. The SMILES string of the molecule is C.CC1(O)CCC(N)CC1.CC1(O)CCC(NS(=O)(=O)c2ccc(-c3ccc(F)cc3F)cc2)CC1.CC1(O)CCC(N[B]C=O)CC1.CC1(O)CCC(N[B]C=O)CC1.CPC.C[B]OOCB=O.NC1CCC(O)CC1.O=CC(F)(F)F.O=C[B]NC1CCC(=O)CC1.O=C[B]NC1CCC(O)CC1.[CH3-].[Cl-].[Mg+2]. The molecule has 613 valence electrons. The smallest absolute Gasteiger partial charge is 1.00 e. The molecule has 0 amide bonds. The second-order valence-electron chi connectivity index (χ2n) is 28.1. The average Bonchev–Trinajstić information content (AvgIpc) is 0.810. The van der Waals surface area contributed by atoms with E-state index in [0.29, 0.717) is 93.3 Å². The number of nitrogens with two attached hydrogens (primary N) is 2. The van der Waals surface area contributed by atoms with Crippen LogP contribution in [0, 0.1) is 19.1 Å². The van der Waals surface area contributed by atoms with Gasteiger partial charge >= 0.3 is 71.6 Å². The Morgan fingerprint density at radius 2 is 0.890 bits per heavy atom. The number of hydrogen-bond acceptors (Lipinski definition) is 23. The number of nitrogens with one attached hydrogen (secondary N) is 5. The molecule has 5 radical (unpaired) electrons. The van der Waals surface area contributed by atoms with Crippen molar-refractivity contribution in [2.24, 2.45) is 11.5 Å². The zero-order chi connectivity index (χ0) is 79.6. The molecule has 2 aromatic rings. The van der Waals surface area contributed by atoms with Crippen LogP contribution in [0.15, 0.2) is 47.4 Å². The van der Waals surface area contributed by atoms with Crippen molar-refractivity contribution in [3.63, 3.8) is 0 Å². The molecule has 0 heterocycles. The van der Waals surface area contributed by atoms with Crippen LogP contribution in [0.3, 0.4) is 0 Å². The van der Waals surface area contributed by atoms with Crippen molar-refractivity contribution in [3.8, 4) is 11.1 Å². The van der Waals surface area contributed by atoms with Gasteiger partial charge in [0.2, 0.25) is 16.3 Å². The molecule has 24 nitrogen and oxygen atoms in total. The number of alkyl halides is 3. The molecule has 0 atom stereocenters. The molecule has 7 aliphatic carbocycles. The Morgan fingerprint density at radius 3 is 1.20 bits per heavy atom. The van der Waals surface area contributed by atoms with E-state index in [1.165, 1.54) is 67.5 Å². The van der Waals surface area contributed by atoms with Crippen molar-refractivity contribution in [3.05, 3.63) is 61.5 Å². The first-order valence-electron chi connectivity index (χ1n) is 36.0. The minimum Gasteiger partial charge on any atom is -1.00 e. The predicted molar refractivity (Wildman–Crippen MR) is 425 cm³/mol. The molecule has 0 saturated heterocycles. The summed E-state index contributed by atoms with van der Waals surface area (Å²) in [6.07, 6.45) is 20.6. The van der Waals surface area contributed by atoms with E-state index in [2.05, 4.69) is 48.7 Å². The van der Waals surface area contributed by atoms with Crippen LogP contribution in [0.5, 0.6) is 0 Å². The monoisotopic (exact) mass is 1620 g/mol. The topological polar surface area (TPSA) is 406 Å². The maximum Gasteiger partial charge on any atom is 2.00 e. The maximum absolute atomic E-state index is 13.9. The molecule has 9 rings (SSSR count). The number of aliphatic hydroxyl groups is 6. The molecule has 0 unspecified atom stereocenters. The Labute approximate surface area is 674 Å². The number of halogens is 6. The Bertz CT molecular complexity index is 2740. The summed E-state index contributed by atoms with van der Waals surface area (Å²) >= 11 is 0. The van der Waals surface area contributed by atoms with Crippen LogP contribution in [-0.2, 0) is 53.2 Å². The number of hydrogen-bond donors (Lipinski definition) is 13. The maximum atomic E-state index is 13.9. The van der Waals surface area contributed by atoms with E-state index in [1.807, 2.05) is 20.8 Å². The molecule has 7 fully saturated rings. The van der Waals surface area contributed by atoms with Gasteiger partial charge in [-0.3, -0.25) is 9.59 Å². The van der Waals surface area contributed by atoms with Crippen LogP contribution >= 0.6 is 8.58 Å². The van der Waals surface area contributed by atoms with Gasteiger partial charge in [0.15, 0.2) is 0 Å². The zero-order valence-corrected chi connectivity index (χ0v) is 68.3. The number of ketones is 1. The summed E-state index contributed by atoms with van der Waals surface area (Å²) in [6.45, 7) is 13.3. The molecule has 0 aromatic heterocycles. The van der Waals surface area contributed by atoms with Gasteiger partial charge < -0.3 is 102 Å². The van der Waals surface area contributed by atoms with E-state index < -0.39 is 56.5 Å². The fourth-order valence-corrected chi connectivity index (χ4v) is 12.8. The molecular formula is C70H123B6ClF5MgN7O17PS. The molecule has 39 heteroatoms. The molecule has 0 bridgehead atoms. The molecule has 7 aliphatic rings. The minimum atomic E-state index is -4.64. The van der Waals surface area contributed by atoms with Crippen molar-refractivity contribution < 1.29 is 117 Å². The van der Waals surface area contributed by atoms with E-state index in [1.54, 1.807) is 13.7 Å². The fourth-order valence-electron chi connectivity index (χ4n) is 11.5. The molecule has 109 heavy (non-hydrogen) atoms. The van der Waals surface area contributed by atoms with Crippen LogP contribution in [0.2, 0.25) is 6.82 Å². The number of sulfonamides is 1. The summed E-state index contributed by atoms with van der Waals surface area (Å²) in [5, 5.41) is 68.7. The molecule has 15 N–H and O–H groups in total. The van der Waals surface area contributed by atoms with E-state index in [4.69, 9.17) is 26.5 Å². The van der Waals surface area contributed by atoms with Gasteiger partial charge in [-0.2, -0.15) is 13.2 Å². The van der Waals surface area contributed by atoms with Crippen molar-refractivity contribution >= 4 is 123 Å². The summed E-state index contributed by atoms with van der Waals surface area (Å²) in [5.41, 5.74) is 9.78. The zero-order valence-electron chi connectivity index (χ0n) is 64.3. The summed E-state index contributed by atoms with van der Waals surface area (Å²) in [4.78, 5) is 67.9. The van der Waals surface area contributed by atoms with Crippen LogP contribution in [0.4, 0.5) is 22.0 Å². The van der Waals surface area contributed by atoms with Crippen LogP contribution < -0.4 is 49.5 Å². The van der Waals surface area contributed by atoms with Crippen molar-refractivity contribution in [2.45, 2.75) is 310 Å². The number of benzene rings is 2. The number of aliphatic hydroxyl groups excluding tert-OH is 2. The van der Waals surface area contributed by atoms with Gasteiger partial charge in [-0.15, -0.1) is 8.58 Å². The van der Waals surface area contributed by atoms with Crippen LogP contribution in [-0.4, -0.2) is 246 Å². The summed E-state index contributed by atoms with van der Waals surface area (Å²) < 4.78 is 95.3. The summed E-state index contributed by atoms with van der Waals surface area (Å²) in [5.74, 6) is -1.02. The molecule has 0 spiro atoms. The van der Waals surface area contributed by atoms with Crippen molar-refractivity contribution in [1.29, 1.82) is 0 Å². The molecule has 7 saturated carbocycles. The Hall–Kier alpha value is -2.86. The molecule has 0 aliphatic heterocycles. The van der Waals surface area contributed by atoms with E-state index >= 15 is 0 Å². The first-order chi connectivity index (χ1) is 49.4. The minimum absolute atomic E-state index is 0. The Morgan fingerprint density at radius 1 is 0.569 bits per heavy atom. The Kier molecular flexibility index (Phi) is 67.7. The third-order valence-corrected chi connectivity index (χ3v) is 19.6. The number of rotatable bonds is 20. The fraction of sp³-hybridized carbons (Fsp3) is 0.729. The van der Waals surface area contributed by atoms with Gasteiger partial charge in [-0.1, -0.05) is 19.6 Å².